The van der Waals surface area contributed by atoms with Crippen LogP contribution in [0.25, 0.3) is 0 Å². The van der Waals surface area contributed by atoms with Crippen LogP contribution in [0, 0.1) is 5.92 Å². The van der Waals surface area contributed by atoms with Crippen LogP contribution in [0.1, 0.15) is 20.3 Å². The van der Waals surface area contributed by atoms with Gasteiger partial charge in [-0.1, -0.05) is 0 Å². The number of Topliss-reactive ketones (excluding diaryl/α,β-unsaturated/α-hetero) is 1. The van der Waals surface area contributed by atoms with E-state index in [0.717, 1.165) is 0 Å². The maximum Gasteiger partial charge on any atom is 0.139 e. The molecule has 0 saturated heterocycles. The van der Waals surface area contributed by atoms with Gasteiger partial charge in [0.25, 0.3) is 0 Å². The molecule has 0 bridgehead atoms. The van der Waals surface area contributed by atoms with Crippen LogP contribution in [0.2, 0.25) is 0 Å². The van der Waals surface area contributed by atoms with Gasteiger partial charge >= 0.3 is 0 Å². The van der Waals surface area contributed by atoms with Crippen LogP contribution in [-0.4, -0.2) is 11.3 Å². The monoisotopic (exact) mass is 128 g/mol. The molecule has 1 saturated carbocycles. The van der Waals surface area contributed by atoms with Crippen molar-refractivity contribution in [2.75, 3.05) is 0 Å². The molecule has 1 atom stereocenters. The molecule has 3 N–H and O–H groups in total. The van der Waals surface area contributed by atoms with Crippen LogP contribution in [0.5, 0.6) is 0 Å². The van der Waals surface area contributed by atoms with E-state index in [-0.39, 0.29) is 11.5 Å². The summed E-state index contributed by atoms with van der Waals surface area (Å²) < 4.78 is 0. The highest BCUT2D eigenvalue weighted by atomic mass is 16.1. The standard InChI is InChI=1S/C6H12N2O/c1-6(2,8-7)4-3-5(4)9/h4,8H,3,7H2,1-2H3. The first-order chi connectivity index (χ1) is 4.08. The molecule has 9 heavy (non-hydrogen) atoms. The lowest BCUT2D eigenvalue weighted by Gasteiger charge is -2.20. The Bertz CT molecular complexity index is 142. The number of carbonyl (C=O) groups is 1. The molecule has 0 aliphatic heterocycles. The van der Waals surface area contributed by atoms with Crippen molar-refractivity contribution in [3.05, 3.63) is 0 Å². The van der Waals surface area contributed by atoms with E-state index in [4.69, 9.17) is 5.84 Å². The number of hydrogen-bond donors (Lipinski definition) is 2. The van der Waals surface area contributed by atoms with Crippen molar-refractivity contribution in [1.82, 2.24) is 5.43 Å². The molecule has 0 radical (unpaired) electrons. The van der Waals surface area contributed by atoms with Crippen LogP contribution in [-0.2, 0) is 4.79 Å². The van der Waals surface area contributed by atoms with Gasteiger partial charge in [0.15, 0.2) is 0 Å². The molecule has 52 valence electrons. The van der Waals surface area contributed by atoms with E-state index < -0.39 is 0 Å². The molecule has 1 unspecified atom stereocenters. The van der Waals surface area contributed by atoms with Crippen molar-refractivity contribution >= 4 is 5.78 Å². The van der Waals surface area contributed by atoms with Crippen LogP contribution in [0.15, 0.2) is 0 Å². The Morgan fingerprint density at radius 2 is 2.22 bits per heavy atom. The molecule has 1 aliphatic carbocycles. The van der Waals surface area contributed by atoms with Gasteiger partial charge in [-0.15, -0.1) is 0 Å². The quantitative estimate of drug-likeness (QED) is 0.400. The van der Waals surface area contributed by atoms with E-state index in [9.17, 15) is 4.79 Å². The summed E-state index contributed by atoms with van der Waals surface area (Å²) in [6.07, 6.45) is 0.692. The second-order valence-electron chi connectivity index (χ2n) is 3.09. The predicted molar refractivity (Wildman–Crippen MR) is 34.5 cm³/mol. The molecule has 0 aromatic heterocycles. The molecular weight excluding hydrogens is 116 g/mol. The summed E-state index contributed by atoms with van der Waals surface area (Å²) in [4.78, 5) is 10.6. The fourth-order valence-corrected chi connectivity index (χ4v) is 0.900. The molecule has 3 nitrogen and oxygen atoms in total. The van der Waals surface area contributed by atoms with Gasteiger partial charge in [-0.25, -0.2) is 0 Å². The highest BCUT2D eigenvalue weighted by molar-refractivity contribution is 5.97. The van der Waals surface area contributed by atoms with Crippen molar-refractivity contribution in [3.8, 4) is 0 Å². The maximum absolute atomic E-state index is 10.6. The fraction of sp³-hybridized carbons (Fsp3) is 0.833. The third kappa shape index (κ3) is 1.11. The fourth-order valence-electron chi connectivity index (χ4n) is 0.900. The lowest BCUT2D eigenvalue weighted by Crippen LogP contribution is -2.46. The van der Waals surface area contributed by atoms with Crippen molar-refractivity contribution in [2.45, 2.75) is 25.8 Å². The van der Waals surface area contributed by atoms with Gasteiger partial charge < -0.3 is 0 Å². The van der Waals surface area contributed by atoms with E-state index in [2.05, 4.69) is 5.43 Å². The first kappa shape index (κ1) is 6.71. The van der Waals surface area contributed by atoms with E-state index in [1.807, 2.05) is 13.8 Å². The Morgan fingerprint density at radius 3 is 2.33 bits per heavy atom. The predicted octanol–water partition coefficient (Wildman–Crippen LogP) is -0.183. The highest BCUT2D eigenvalue weighted by Gasteiger charge is 2.46. The number of carbonyl (C=O) groups excluding carboxylic acids is 1. The lowest BCUT2D eigenvalue weighted by atomic mass is 10.0. The smallest absolute Gasteiger partial charge is 0.139 e. The Morgan fingerprint density at radius 1 is 1.78 bits per heavy atom. The number of hydrazine groups is 1. The number of rotatable bonds is 2. The maximum atomic E-state index is 10.6. The van der Waals surface area contributed by atoms with Crippen LogP contribution in [0.4, 0.5) is 0 Å². The minimum Gasteiger partial charge on any atom is -0.299 e. The van der Waals surface area contributed by atoms with E-state index in [1.54, 1.807) is 0 Å². The largest absolute Gasteiger partial charge is 0.299 e. The average Bonchev–Trinajstić information content (AvgIpc) is 2.47. The minimum absolute atomic E-state index is 0.155. The van der Waals surface area contributed by atoms with Crippen LogP contribution in [0.3, 0.4) is 0 Å². The third-order valence-electron chi connectivity index (χ3n) is 1.88. The number of hydrogen-bond acceptors (Lipinski definition) is 3. The zero-order valence-corrected chi connectivity index (χ0v) is 5.77. The third-order valence-corrected chi connectivity index (χ3v) is 1.88. The number of ketones is 1. The highest BCUT2D eigenvalue weighted by Crippen LogP contribution is 2.34. The second-order valence-corrected chi connectivity index (χ2v) is 3.09. The minimum atomic E-state index is -0.197. The lowest BCUT2D eigenvalue weighted by molar-refractivity contribution is -0.111. The number of nitrogens with one attached hydrogen (secondary N) is 1. The normalized spacial score (nSPS) is 26.6. The Balaban J connectivity index is 2.51. The van der Waals surface area contributed by atoms with Crippen LogP contribution >= 0.6 is 0 Å². The molecule has 1 rings (SSSR count). The summed E-state index contributed by atoms with van der Waals surface area (Å²) in [6.45, 7) is 3.87. The summed E-state index contributed by atoms with van der Waals surface area (Å²) in [7, 11) is 0. The van der Waals surface area contributed by atoms with Gasteiger partial charge in [-0.2, -0.15) is 0 Å². The molecule has 0 aromatic rings. The Hall–Kier alpha value is -0.410. The molecule has 1 fully saturated rings. The summed E-state index contributed by atoms with van der Waals surface area (Å²) in [5.41, 5.74) is 2.42. The number of nitrogens with two attached hydrogens (primary N) is 1. The van der Waals surface area contributed by atoms with Gasteiger partial charge in [0.1, 0.15) is 5.78 Å². The average molecular weight is 128 g/mol. The molecule has 0 amide bonds. The molecular formula is C6H12N2O. The Kier molecular flexibility index (Phi) is 1.33. The zero-order chi connectivity index (χ0) is 7.07. The SMILES string of the molecule is CC(C)(NN)C1CC1=O. The summed E-state index contributed by atoms with van der Waals surface area (Å²) in [6, 6.07) is 0. The second kappa shape index (κ2) is 1.78. The zero-order valence-electron chi connectivity index (χ0n) is 5.77. The molecule has 0 heterocycles. The first-order valence-electron chi connectivity index (χ1n) is 3.08. The van der Waals surface area contributed by atoms with Crippen molar-refractivity contribution in [1.29, 1.82) is 0 Å². The van der Waals surface area contributed by atoms with E-state index >= 15 is 0 Å². The first-order valence-corrected chi connectivity index (χ1v) is 3.08. The molecule has 0 aromatic carbocycles. The Labute approximate surface area is 54.6 Å². The van der Waals surface area contributed by atoms with Crippen molar-refractivity contribution in [2.24, 2.45) is 11.8 Å². The van der Waals surface area contributed by atoms with Crippen LogP contribution < -0.4 is 11.3 Å². The summed E-state index contributed by atoms with van der Waals surface area (Å²) in [5.74, 6) is 5.68. The molecule has 0 spiro atoms. The topological polar surface area (TPSA) is 55.1 Å². The van der Waals surface area contributed by atoms with Crippen molar-refractivity contribution < 1.29 is 4.79 Å². The van der Waals surface area contributed by atoms with Gasteiger partial charge in [0, 0.05) is 17.9 Å². The van der Waals surface area contributed by atoms with Crippen molar-refractivity contribution in [3.63, 3.8) is 0 Å². The van der Waals surface area contributed by atoms with Gasteiger partial charge in [0.05, 0.1) is 0 Å². The molecule has 3 heteroatoms. The summed E-state index contributed by atoms with van der Waals surface area (Å²) >= 11 is 0. The van der Waals surface area contributed by atoms with Gasteiger partial charge in [-0.3, -0.25) is 16.1 Å². The van der Waals surface area contributed by atoms with E-state index in [0.29, 0.717) is 12.2 Å². The van der Waals surface area contributed by atoms with Gasteiger partial charge in [-0.05, 0) is 13.8 Å². The summed E-state index contributed by atoms with van der Waals surface area (Å²) in [5, 5.41) is 0. The van der Waals surface area contributed by atoms with E-state index in [1.165, 1.54) is 0 Å². The molecule has 1 aliphatic rings. The van der Waals surface area contributed by atoms with Gasteiger partial charge in [0.2, 0.25) is 0 Å².